The summed E-state index contributed by atoms with van der Waals surface area (Å²) in [6, 6.07) is 25.7. The van der Waals surface area contributed by atoms with Gasteiger partial charge in [0.2, 0.25) is 5.91 Å². The van der Waals surface area contributed by atoms with E-state index in [0.29, 0.717) is 52.7 Å². The number of alkyl carbamates (subject to hydrolysis) is 1. The zero-order valence-electron chi connectivity index (χ0n) is 23.2. The Morgan fingerprint density at radius 3 is 2.33 bits per heavy atom. The van der Waals surface area contributed by atoms with Gasteiger partial charge in [-0.2, -0.15) is 0 Å². The Bertz CT molecular complexity index is 1570. The number of hydrogen-bond donors (Lipinski definition) is 4. The van der Waals surface area contributed by atoms with Gasteiger partial charge in [-0.3, -0.25) is 14.9 Å². The number of imide groups is 1. The number of phenolic OH excluding ortho intramolecular Hbond substituents is 1. The molecule has 216 valence electrons. The van der Waals surface area contributed by atoms with E-state index in [1.165, 1.54) is 12.1 Å². The number of nitrogens with two attached hydrogens (primary N) is 1. The highest BCUT2D eigenvalue weighted by molar-refractivity contribution is 6.03. The molecule has 4 aromatic carbocycles. The van der Waals surface area contributed by atoms with Gasteiger partial charge in [-0.25, -0.2) is 4.79 Å². The van der Waals surface area contributed by atoms with Crippen LogP contribution in [-0.4, -0.2) is 35.7 Å². The first kappa shape index (κ1) is 29.8. The van der Waals surface area contributed by atoms with Crippen molar-refractivity contribution in [3.8, 4) is 5.75 Å². The van der Waals surface area contributed by atoms with E-state index >= 15 is 0 Å². The quantitative estimate of drug-likeness (QED) is 0.127. The number of amides is 3. The second-order valence-electron chi connectivity index (χ2n) is 9.42. The minimum Gasteiger partial charge on any atom is -0.507 e. The van der Waals surface area contributed by atoms with Crippen LogP contribution in [0.4, 0.5) is 16.2 Å². The summed E-state index contributed by atoms with van der Waals surface area (Å²) in [6.07, 6.45) is 1.39. The lowest BCUT2D eigenvalue weighted by molar-refractivity contribution is -0.111. The number of carbonyl (C=O) groups is 3. The zero-order chi connectivity index (χ0) is 29.9. The maximum absolute atomic E-state index is 13.0. The highest BCUT2D eigenvalue weighted by Gasteiger charge is 2.30. The highest BCUT2D eigenvalue weighted by atomic mass is 16.6. The number of hydrogen-bond acceptors (Lipinski definition) is 7. The van der Waals surface area contributed by atoms with E-state index < -0.39 is 24.2 Å². The van der Waals surface area contributed by atoms with Gasteiger partial charge in [0.1, 0.15) is 5.75 Å². The third-order valence-corrected chi connectivity index (χ3v) is 6.55. The average molecular weight is 568 g/mol. The van der Waals surface area contributed by atoms with Crippen LogP contribution in [0, 0.1) is 0 Å². The lowest BCUT2D eigenvalue weighted by Gasteiger charge is -2.28. The number of para-hydroxylation sites is 2. The highest BCUT2D eigenvalue weighted by Crippen LogP contribution is 2.36. The molecule has 3 amide bonds. The first-order chi connectivity index (χ1) is 20.4. The SMILES string of the molecule is CCO[C@H](CC/C=C/C(=O)Nc1ccccc1N)[C@H](OC(=O)NC(=O)c1ccccc1)c1ccc(O)c2ccccc12. The lowest BCUT2D eigenvalue weighted by atomic mass is 9.94. The number of rotatable bonds is 11. The standard InChI is InChI=1S/C33H33N3O6/c1-2-41-29(18-10-11-19-30(38)35-27-17-9-8-16-26(27)34)31(25-20-21-28(37)24-15-7-6-14-23(24)25)42-33(40)36-32(39)22-12-4-3-5-13-22/h3-9,11-17,19-21,29,31,37H,2,10,18,34H2,1H3,(H,35,38)(H,36,39,40)/b19-11+/t29-,31-/m1/s1. The van der Waals surface area contributed by atoms with Crippen LogP contribution in [0.2, 0.25) is 0 Å². The molecule has 9 heteroatoms. The molecule has 5 N–H and O–H groups in total. The normalized spacial score (nSPS) is 12.5. The fourth-order valence-electron chi connectivity index (χ4n) is 4.57. The van der Waals surface area contributed by atoms with Crippen LogP contribution in [0.5, 0.6) is 5.75 Å². The van der Waals surface area contributed by atoms with Gasteiger partial charge >= 0.3 is 6.09 Å². The molecule has 0 aliphatic rings. The van der Waals surface area contributed by atoms with Gasteiger partial charge in [0.15, 0.2) is 6.10 Å². The number of carbonyl (C=O) groups excluding carboxylic acids is 3. The summed E-state index contributed by atoms with van der Waals surface area (Å²) in [5.74, 6) is -0.856. The van der Waals surface area contributed by atoms with Crippen LogP contribution in [0.15, 0.2) is 103 Å². The van der Waals surface area contributed by atoms with Crippen LogP contribution in [0.1, 0.15) is 41.8 Å². The Balaban J connectivity index is 1.55. The molecule has 0 aliphatic heterocycles. The van der Waals surface area contributed by atoms with Crippen molar-refractivity contribution in [1.82, 2.24) is 5.32 Å². The van der Waals surface area contributed by atoms with E-state index in [9.17, 15) is 19.5 Å². The summed E-state index contributed by atoms with van der Waals surface area (Å²) >= 11 is 0. The number of benzene rings is 4. The smallest absolute Gasteiger partial charge is 0.414 e. The molecule has 0 saturated carbocycles. The van der Waals surface area contributed by atoms with Crippen molar-refractivity contribution in [3.05, 3.63) is 114 Å². The summed E-state index contributed by atoms with van der Waals surface area (Å²) < 4.78 is 11.9. The number of anilines is 2. The number of nitrogens with one attached hydrogen (secondary N) is 2. The van der Waals surface area contributed by atoms with Gasteiger partial charge in [-0.05, 0) is 61.6 Å². The van der Waals surface area contributed by atoms with Crippen molar-refractivity contribution < 1.29 is 29.0 Å². The van der Waals surface area contributed by atoms with Gasteiger partial charge in [0.25, 0.3) is 5.91 Å². The molecular formula is C33H33N3O6. The van der Waals surface area contributed by atoms with Gasteiger partial charge in [0.05, 0.1) is 17.5 Å². The van der Waals surface area contributed by atoms with Gasteiger partial charge in [0, 0.05) is 23.1 Å². The molecule has 4 aromatic rings. The van der Waals surface area contributed by atoms with Gasteiger partial charge in [-0.1, -0.05) is 66.7 Å². The molecule has 42 heavy (non-hydrogen) atoms. The van der Waals surface area contributed by atoms with E-state index in [1.807, 2.05) is 19.1 Å². The number of allylic oxidation sites excluding steroid dienone is 1. The Kier molecular flexibility index (Phi) is 10.3. The summed E-state index contributed by atoms with van der Waals surface area (Å²) in [5, 5.41) is 16.7. The molecular weight excluding hydrogens is 534 g/mol. The largest absolute Gasteiger partial charge is 0.507 e. The van der Waals surface area contributed by atoms with Crippen molar-refractivity contribution >= 4 is 40.1 Å². The number of phenols is 1. The average Bonchev–Trinajstić information content (AvgIpc) is 3.00. The maximum Gasteiger partial charge on any atom is 0.414 e. The summed E-state index contributed by atoms with van der Waals surface area (Å²) in [4.78, 5) is 38.0. The molecule has 0 radical (unpaired) electrons. The molecule has 4 rings (SSSR count). The van der Waals surface area contributed by atoms with Crippen molar-refractivity contribution in [1.29, 1.82) is 0 Å². The fraction of sp³-hybridized carbons (Fsp3) is 0.182. The third-order valence-electron chi connectivity index (χ3n) is 6.55. The lowest BCUT2D eigenvalue weighted by Crippen LogP contribution is -2.35. The Morgan fingerprint density at radius 2 is 1.60 bits per heavy atom. The zero-order valence-corrected chi connectivity index (χ0v) is 23.2. The number of aromatic hydroxyl groups is 1. The summed E-state index contributed by atoms with van der Waals surface area (Å²) in [5.41, 5.74) is 7.78. The Labute approximate surface area is 243 Å². The van der Waals surface area contributed by atoms with Crippen molar-refractivity contribution in [2.45, 2.75) is 32.0 Å². The molecule has 2 atom stereocenters. The molecule has 9 nitrogen and oxygen atoms in total. The first-order valence-corrected chi connectivity index (χ1v) is 13.6. The molecule has 0 unspecified atom stereocenters. The monoisotopic (exact) mass is 567 g/mol. The Morgan fingerprint density at radius 1 is 0.905 bits per heavy atom. The van der Waals surface area contributed by atoms with Gasteiger partial charge in [-0.15, -0.1) is 0 Å². The van der Waals surface area contributed by atoms with E-state index in [0.717, 1.165) is 0 Å². The minimum atomic E-state index is -0.939. The number of fused-ring (bicyclic) bond motifs is 1. The third kappa shape index (κ3) is 7.74. The van der Waals surface area contributed by atoms with Crippen LogP contribution in [-0.2, 0) is 14.3 Å². The van der Waals surface area contributed by atoms with E-state index in [2.05, 4.69) is 10.6 Å². The molecule has 0 aliphatic carbocycles. The van der Waals surface area contributed by atoms with Crippen molar-refractivity contribution in [2.24, 2.45) is 0 Å². The van der Waals surface area contributed by atoms with Crippen LogP contribution in [0.3, 0.4) is 0 Å². The predicted molar refractivity (Wildman–Crippen MR) is 162 cm³/mol. The van der Waals surface area contributed by atoms with Crippen molar-refractivity contribution in [2.75, 3.05) is 17.7 Å². The second kappa shape index (κ2) is 14.5. The maximum atomic E-state index is 13.0. The topological polar surface area (TPSA) is 140 Å². The number of nitrogen functional groups attached to an aromatic ring is 1. The van der Waals surface area contributed by atoms with Crippen LogP contribution < -0.4 is 16.4 Å². The molecule has 0 fully saturated rings. The van der Waals surface area contributed by atoms with Gasteiger partial charge < -0.3 is 25.6 Å². The molecule has 0 spiro atoms. The summed E-state index contributed by atoms with van der Waals surface area (Å²) in [7, 11) is 0. The first-order valence-electron chi connectivity index (χ1n) is 13.6. The minimum absolute atomic E-state index is 0.0813. The predicted octanol–water partition coefficient (Wildman–Crippen LogP) is 6.12. The molecule has 0 bridgehead atoms. The van der Waals surface area contributed by atoms with Crippen molar-refractivity contribution in [3.63, 3.8) is 0 Å². The second-order valence-corrected chi connectivity index (χ2v) is 9.42. The molecule has 0 aromatic heterocycles. The molecule has 0 saturated heterocycles. The van der Waals surface area contributed by atoms with Crippen LogP contribution >= 0.6 is 0 Å². The van der Waals surface area contributed by atoms with E-state index in [-0.39, 0.29) is 11.7 Å². The fourth-order valence-corrected chi connectivity index (χ4v) is 4.57. The molecule has 0 heterocycles. The van der Waals surface area contributed by atoms with Crippen LogP contribution in [0.25, 0.3) is 10.8 Å². The Hall–Kier alpha value is -5.15. The van der Waals surface area contributed by atoms with E-state index in [1.54, 1.807) is 78.9 Å². The van der Waals surface area contributed by atoms with E-state index in [4.69, 9.17) is 15.2 Å². The number of ether oxygens (including phenoxy) is 2. The summed E-state index contributed by atoms with van der Waals surface area (Å²) in [6.45, 7) is 2.15.